The van der Waals surface area contributed by atoms with E-state index in [1.807, 2.05) is 12.1 Å². The number of carbonyl (C=O) groups excluding carboxylic acids is 1. The number of aromatic nitrogens is 1. The summed E-state index contributed by atoms with van der Waals surface area (Å²) in [5, 5.41) is 1.07. The Kier molecular flexibility index (Phi) is 4.04. The zero-order chi connectivity index (χ0) is 13.9. The zero-order valence-electron chi connectivity index (χ0n) is 10.1. The Bertz CT molecular complexity index is 428. The Labute approximate surface area is 108 Å². The molecule has 0 aliphatic carbocycles. The predicted octanol–water partition coefficient (Wildman–Crippen LogP) is 2.28. The monoisotopic (exact) mass is 274 g/mol. The topological polar surface area (TPSA) is 42.4 Å². The van der Waals surface area contributed by atoms with Crippen LogP contribution in [-0.2, 0) is 9.63 Å². The van der Waals surface area contributed by atoms with Crippen LogP contribution in [0.15, 0.2) is 24.5 Å². The van der Waals surface area contributed by atoms with Gasteiger partial charge in [0.25, 0.3) is 0 Å². The van der Waals surface area contributed by atoms with Gasteiger partial charge in [-0.1, -0.05) is 6.07 Å². The van der Waals surface area contributed by atoms with Crippen molar-refractivity contribution in [1.29, 1.82) is 0 Å². The number of carbonyl (C=O) groups is 1. The number of rotatable bonds is 2. The largest absolute Gasteiger partial charge is 0.492 e. The average Bonchev–Trinajstić information content (AvgIpc) is 2.39. The van der Waals surface area contributed by atoms with E-state index in [1.165, 1.54) is 0 Å². The third kappa shape index (κ3) is 3.66. The molecule has 0 radical (unpaired) electrons. The van der Waals surface area contributed by atoms with Crippen molar-refractivity contribution in [1.82, 2.24) is 10.0 Å². The van der Waals surface area contributed by atoms with Gasteiger partial charge in [0.1, 0.15) is 0 Å². The molecule has 2 rings (SSSR count). The summed E-state index contributed by atoms with van der Waals surface area (Å²) in [5.41, 5.74) is 1.06. The molecule has 1 aliphatic rings. The van der Waals surface area contributed by atoms with Crippen LogP contribution in [0.2, 0.25) is 0 Å². The predicted molar refractivity (Wildman–Crippen MR) is 59.9 cm³/mol. The molecule has 1 aromatic rings. The Hall–Kier alpha value is -1.63. The minimum absolute atomic E-state index is 0.245. The highest BCUT2D eigenvalue weighted by Gasteiger charge is 2.42. The van der Waals surface area contributed by atoms with E-state index in [-0.39, 0.29) is 5.92 Å². The Morgan fingerprint density at radius 1 is 1.37 bits per heavy atom. The molecule has 1 saturated heterocycles. The highest BCUT2D eigenvalue weighted by molar-refractivity contribution is 5.75. The fourth-order valence-electron chi connectivity index (χ4n) is 2.07. The van der Waals surface area contributed by atoms with E-state index < -0.39 is 12.1 Å². The molecule has 4 nitrogen and oxygen atoms in total. The quantitative estimate of drug-likeness (QED) is 0.829. The molecule has 0 bridgehead atoms. The first-order valence-electron chi connectivity index (χ1n) is 5.91. The van der Waals surface area contributed by atoms with Crippen molar-refractivity contribution >= 4 is 5.97 Å². The van der Waals surface area contributed by atoms with Gasteiger partial charge in [-0.05, 0) is 30.4 Å². The van der Waals surface area contributed by atoms with Crippen LogP contribution >= 0.6 is 0 Å². The fraction of sp³-hybridized carbons (Fsp3) is 0.500. The Morgan fingerprint density at radius 3 is 2.58 bits per heavy atom. The molecule has 2 heterocycles. The second kappa shape index (κ2) is 5.56. The number of hydrogen-bond acceptors (Lipinski definition) is 4. The highest BCUT2D eigenvalue weighted by atomic mass is 19.4. The molecule has 1 aliphatic heterocycles. The van der Waals surface area contributed by atoms with E-state index in [9.17, 15) is 18.0 Å². The van der Waals surface area contributed by atoms with Gasteiger partial charge in [-0.25, -0.2) is 4.79 Å². The maximum absolute atomic E-state index is 12.0. The lowest BCUT2D eigenvalue weighted by molar-refractivity contribution is -0.241. The van der Waals surface area contributed by atoms with Crippen LogP contribution < -0.4 is 0 Å². The Balaban J connectivity index is 1.85. The molecular formula is C12H13F3N2O2. The van der Waals surface area contributed by atoms with E-state index in [0.29, 0.717) is 25.9 Å². The van der Waals surface area contributed by atoms with E-state index in [2.05, 4.69) is 9.82 Å². The number of pyridine rings is 1. The fourth-order valence-corrected chi connectivity index (χ4v) is 2.07. The van der Waals surface area contributed by atoms with Crippen LogP contribution in [0.1, 0.15) is 24.3 Å². The number of nitrogens with zero attached hydrogens (tertiary/aromatic N) is 2. The van der Waals surface area contributed by atoms with Crippen LogP contribution in [0, 0.1) is 0 Å². The van der Waals surface area contributed by atoms with Crippen molar-refractivity contribution in [2.24, 2.45) is 0 Å². The first kappa shape index (κ1) is 13.8. The van der Waals surface area contributed by atoms with Gasteiger partial charge in [0.15, 0.2) is 0 Å². The van der Waals surface area contributed by atoms with Gasteiger partial charge in [0, 0.05) is 25.5 Å². The van der Waals surface area contributed by atoms with E-state index in [1.54, 1.807) is 12.4 Å². The van der Waals surface area contributed by atoms with Crippen LogP contribution in [0.4, 0.5) is 13.2 Å². The first-order valence-corrected chi connectivity index (χ1v) is 5.91. The van der Waals surface area contributed by atoms with Crippen molar-refractivity contribution in [2.75, 3.05) is 13.1 Å². The summed E-state index contributed by atoms with van der Waals surface area (Å²) in [4.78, 5) is 19.0. The van der Waals surface area contributed by atoms with Crippen molar-refractivity contribution in [3.8, 4) is 0 Å². The van der Waals surface area contributed by atoms with Gasteiger partial charge < -0.3 is 4.84 Å². The maximum Gasteiger partial charge on any atom is 0.492 e. The first-order chi connectivity index (χ1) is 8.97. The number of piperidine rings is 1. The summed E-state index contributed by atoms with van der Waals surface area (Å²) in [6.45, 7) is 0.586. The maximum atomic E-state index is 12.0. The molecule has 1 aromatic heterocycles. The highest BCUT2D eigenvalue weighted by Crippen LogP contribution is 2.28. The van der Waals surface area contributed by atoms with Crippen molar-refractivity contribution < 1.29 is 22.8 Å². The van der Waals surface area contributed by atoms with Gasteiger partial charge in [-0.2, -0.15) is 13.2 Å². The van der Waals surface area contributed by atoms with Gasteiger partial charge in [-0.15, -0.1) is 5.06 Å². The molecule has 19 heavy (non-hydrogen) atoms. The number of hydrogen-bond donors (Lipinski definition) is 0. The number of halogens is 3. The van der Waals surface area contributed by atoms with Crippen molar-refractivity contribution in [2.45, 2.75) is 24.9 Å². The SMILES string of the molecule is O=C(ON1CCC(c2cccnc2)CC1)C(F)(F)F. The molecule has 0 saturated carbocycles. The van der Waals surface area contributed by atoms with Gasteiger partial charge in [-0.3, -0.25) is 4.98 Å². The van der Waals surface area contributed by atoms with E-state index >= 15 is 0 Å². The number of hydroxylamine groups is 2. The lowest BCUT2D eigenvalue weighted by Crippen LogP contribution is -2.39. The standard InChI is InChI=1S/C12H13F3N2O2/c13-12(14,15)11(18)19-17-6-3-9(4-7-17)10-2-1-5-16-8-10/h1-2,5,8-9H,3-4,6-7H2. The van der Waals surface area contributed by atoms with Crippen LogP contribution in [-0.4, -0.2) is 35.3 Å². The molecule has 104 valence electrons. The molecular weight excluding hydrogens is 261 g/mol. The molecule has 0 N–H and O–H groups in total. The second-order valence-electron chi connectivity index (χ2n) is 4.37. The van der Waals surface area contributed by atoms with Crippen LogP contribution in [0.3, 0.4) is 0 Å². The van der Waals surface area contributed by atoms with Crippen LogP contribution in [0.25, 0.3) is 0 Å². The van der Waals surface area contributed by atoms with Gasteiger partial charge in [0.05, 0.1) is 0 Å². The summed E-state index contributed by atoms with van der Waals surface area (Å²) in [5.74, 6) is -1.91. The summed E-state index contributed by atoms with van der Waals surface area (Å²) >= 11 is 0. The minimum Gasteiger partial charge on any atom is -0.361 e. The third-order valence-electron chi connectivity index (χ3n) is 3.05. The van der Waals surface area contributed by atoms with E-state index in [0.717, 1.165) is 10.6 Å². The third-order valence-corrected chi connectivity index (χ3v) is 3.05. The van der Waals surface area contributed by atoms with Gasteiger partial charge in [0.2, 0.25) is 0 Å². The van der Waals surface area contributed by atoms with E-state index in [4.69, 9.17) is 0 Å². The molecule has 0 atom stereocenters. The summed E-state index contributed by atoms with van der Waals surface area (Å²) < 4.78 is 36.1. The zero-order valence-corrected chi connectivity index (χ0v) is 10.1. The molecule has 0 unspecified atom stereocenters. The smallest absolute Gasteiger partial charge is 0.361 e. The Morgan fingerprint density at radius 2 is 2.05 bits per heavy atom. The van der Waals surface area contributed by atoms with Gasteiger partial charge >= 0.3 is 12.1 Å². The number of alkyl halides is 3. The molecule has 7 heteroatoms. The summed E-state index contributed by atoms with van der Waals surface area (Å²) in [6.07, 6.45) is -0.250. The minimum atomic E-state index is -4.94. The second-order valence-corrected chi connectivity index (χ2v) is 4.37. The lowest BCUT2D eigenvalue weighted by Gasteiger charge is -2.30. The van der Waals surface area contributed by atoms with Crippen molar-refractivity contribution in [3.05, 3.63) is 30.1 Å². The average molecular weight is 274 g/mol. The molecule has 0 spiro atoms. The molecule has 1 fully saturated rings. The summed E-state index contributed by atoms with van der Waals surface area (Å²) in [7, 11) is 0. The molecule has 0 amide bonds. The molecule has 0 aromatic carbocycles. The normalized spacial score (nSPS) is 18.3. The van der Waals surface area contributed by atoms with Crippen LogP contribution in [0.5, 0.6) is 0 Å². The summed E-state index contributed by atoms with van der Waals surface area (Å²) in [6, 6.07) is 3.76. The lowest BCUT2D eigenvalue weighted by atomic mass is 9.91. The van der Waals surface area contributed by atoms with Crippen molar-refractivity contribution in [3.63, 3.8) is 0 Å².